The smallest absolute Gasteiger partial charge is 0.122 e. The molecule has 0 unspecified atom stereocenters. The molecule has 0 radical (unpaired) electrons. The maximum absolute atomic E-state index is 5.42. The Bertz CT molecular complexity index is 187. The third-order valence-corrected chi connectivity index (χ3v) is 1.16. The first-order valence-electron chi connectivity index (χ1n) is 2.94. The van der Waals surface area contributed by atoms with E-state index in [1.165, 1.54) is 5.57 Å². The molecule has 0 atom stereocenters. The molecule has 2 N–H and O–H groups in total. The van der Waals surface area contributed by atoms with Crippen molar-refractivity contribution in [1.29, 1.82) is 0 Å². The van der Waals surface area contributed by atoms with Gasteiger partial charge in [-0.2, -0.15) is 0 Å². The van der Waals surface area contributed by atoms with Crippen LogP contribution < -0.4 is 5.73 Å². The van der Waals surface area contributed by atoms with Gasteiger partial charge in [-0.15, -0.1) is 0 Å². The highest BCUT2D eigenvalue weighted by molar-refractivity contribution is 5.92. The standard InChI is InChI=1S/C7H10N2/c1-6-3-2-4-7(8)9-5-6/h2,4-5H,3H2,1H3,(H2,8,9). The summed E-state index contributed by atoms with van der Waals surface area (Å²) in [5.74, 6) is 0.590. The minimum atomic E-state index is 0.590. The lowest BCUT2D eigenvalue weighted by molar-refractivity contribution is 1.20. The zero-order valence-corrected chi connectivity index (χ0v) is 5.46. The van der Waals surface area contributed by atoms with Gasteiger partial charge < -0.3 is 5.73 Å². The Kier molecular flexibility index (Phi) is 1.68. The summed E-state index contributed by atoms with van der Waals surface area (Å²) in [6.45, 7) is 2.03. The van der Waals surface area contributed by atoms with E-state index in [1.807, 2.05) is 19.1 Å². The second kappa shape index (κ2) is 2.49. The second-order valence-electron chi connectivity index (χ2n) is 2.14. The highest BCUT2D eigenvalue weighted by atomic mass is 14.8. The molecule has 0 spiro atoms. The van der Waals surface area contributed by atoms with Crippen molar-refractivity contribution in [2.24, 2.45) is 10.7 Å². The normalized spacial score (nSPS) is 18.3. The first-order valence-corrected chi connectivity index (χ1v) is 2.94. The van der Waals surface area contributed by atoms with Crippen molar-refractivity contribution in [3.8, 4) is 0 Å². The van der Waals surface area contributed by atoms with Crippen LogP contribution in [0, 0.1) is 0 Å². The van der Waals surface area contributed by atoms with Crippen molar-refractivity contribution in [1.82, 2.24) is 0 Å². The van der Waals surface area contributed by atoms with Gasteiger partial charge in [0.1, 0.15) is 5.84 Å². The Morgan fingerprint density at radius 1 is 1.67 bits per heavy atom. The monoisotopic (exact) mass is 122 g/mol. The van der Waals surface area contributed by atoms with E-state index in [0.29, 0.717) is 5.84 Å². The lowest BCUT2D eigenvalue weighted by atomic mass is 10.2. The van der Waals surface area contributed by atoms with Gasteiger partial charge in [-0.05, 0) is 19.4 Å². The minimum absolute atomic E-state index is 0.590. The maximum atomic E-state index is 5.42. The number of allylic oxidation sites excluding steroid dienone is 2. The Morgan fingerprint density at radius 2 is 2.44 bits per heavy atom. The summed E-state index contributed by atoms with van der Waals surface area (Å²) in [6.07, 6.45) is 6.60. The lowest BCUT2D eigenvalue weighted by Gasteiger charge is -1.85. The first-order chi connectivity index (χ1) is 4.29. The summed E-state index contributed by atoms with van der Waals surface area (Å²) in [5.41, 5.74) is 6.66. The molecule has 0 saturated carbocycles. The molecule has 1 rings (SSSR count). The van der Waals surface area contributed by atoms with Crippen molar-refractivity contribution in [3.05, 3.63) is 23.9 Å². The molecule has 2 nitrogen and oxygen atoms in total. The molecule has 0 aromatic heterocycles. The van der Waals surface area contributed by atoms with Crippen molar-refractivity contribution in [2.45, 2.75) is 13.3 Å². The molecule has 0 bridgehead atoms. The van der Waals surface area contributed by atoms with E-state index in [1.54, 1.807) is 6.20 Å². The predicted octanol–water partition coefficient (Wildman–Crippen LogP) is 1.21. The van der Waals surface area contributed by atoms with Crippen LogP contribution in [0.3, 0.4) is 0 Å². The Hall–Kier alpha value is -1.05. The van der Waals surface area contributed by atoms with Crippen LogP contribution in [0.4, 0.5) is 0 Å². The average Bonchev–Trinajstić information content (AvgIpc) is 1.97. The molecule has 0 aromatic carbocycles. The SMILES string of the molecule is CC1=CN=C(N)C=CC1. The topological polar surface area (TPSA) is 38.4 Å². The van der Waals surface area contributed by atoms with Crippen LogP contribution in [-0.4, -0.2) is 5.84 Å². The predicted molar refractivity (Wildman–Crippen MR) is 39.1 cm³/mol. The Balaban J connectivity index is 2.80. The van der Waals surface area contributed by atoms with Gasteiger partial charge in [-0.25, -0.2) is 4.99 Å². The summed E-state index contributed by atoms with van der Waals surface area (Å²) in [7, 11) is 0. The molecule has 9 heavy (non-hydrogen) atoms. The van der Waals surface area contributed by atoms with Crippen molar-refractivity contribution < 1.29 is 0 Å². The second-order valence-corrected chi connectivity index (χ2v) is 2.14. The largest absolute Gasteiger partial charge is 0.384 e. The zero-order valence-electron chi connectivity index (χ0n) is 5.46. The van der Waals surface area contributed by atoms with Crippen LogP contribution >= 0.6 is 0 Å². The minimum Gasteiger partial charge on any atom is -0.384 e. The molecular formula is C7H10N2. The Labute approximate surface area is 54.8 Å². The molecule has 1 aliphatic heterocycles. The summed E-state index contributed by atoms with van der Waals surface area (Å²) in [5, 5.41) is 0. The number of rotatable bonds is 0. The molecule has 0 amide bonds. The molecule has 2 heteroatoms. The number of nitrogens with zero attached hydrogens (tertiary/aromatic N) is 1. The quantitative estimate of drug-likeness (QED) is 0.515. The van der Waals surface area contributed by atoms with Gasteiger partial charge in [-0.1, -0.05) is 11.6 Å². The fraction of sp³-hybridized carbons (Fsp3) is 0.286. The maximum Gasteiger partial charge on any atom is 0.122 e. The summed E-state index contributed by atoms with van der Waals surface area (Å²) in [4.78, 5) is 3.95. The molecule has 0 aromatic rings. The zero-order chi connectivity index (χ0) is 6.69. The molecule has 1 heterocycles. The van der Waals surface area contributed by atoms with Crippen LogP contribution in [-0.2, 0) is 0 Å². The fourth-order valence-electron chi connectivity index (χ4n) is 0.646. The lowest BCUT2D eigenvalue weighted by Crippen LogP contribution is -2.05. The summed E-state index contributed by atoms with van der Waals surface area (Å²) >= 11 is 0. The van der Waals surface area contributed by atoms with Gasteiger partial charge in [0, 0.05) is 6.20 Å². The van der Waals surface area contributed by atoms with Crippen LogP contribution in [0.5, 0.6) is 0 Å². The number of amidine groups is 1. The molecule has 0 saturated heterocycles. The summed E-state index contributed by atoms with van der Waals surface area (Å²) < 4.78 is 0. The van der Waals surface area contributed by atoms with Gasteiger partial charge in [0.05, 0.1) is 0 Å². The van der Waals surface area contributed by atoms with E-state index in [9.17, 15) is 0 Å². The Morgan fingerprint density at radius 3 is 3.22 bits per heavy atom. The molecular weight excluding hydrogens is 112 g/mol. The molecule has 0 fully saturated rings. The van der Waals surface area contributed by atoms with Gasteiger partial charge >= 0.3 is 0 Å². The number of aliphatic imine (C=N–C) groups is 1. The van der Waals surface area contributed by atoms with Crippen LogP contribution in [0.2, 0.25) is 0 Å². The molecule has 48 valence electrons. The molecule has 0 aliphatic carbocycles. The van der Waals surface area contributed by atoms with Crippen LogP contribution in [0.25, 0.3) is 0 Å². The van der Waals surface area contributed by atoms with Crippen molar-refractivity contribution >= 4 is 5.84 Å². The summed E-state index contributed by atoms with van der Waals surface area (Å²) in [6, 6.07) is 0. The highest BCUT2D eigenvalue weighted by Crippen LogP contribution is 2.03. The molecule has 1 aliphatic rings. The fourth-order valence-corrected chi connectivity index (χ4v) is 0.646. The van der Waals surface area contributed by atoms with E-state index in [-0.39, 0.29) is 0 Å². The average molecular weight is 122 g/mol. The van der Waals surface area contributed by atoms with Gasteiger partial charge in [-0.3, -0.25) is 0 Å². The number of hydrogen-bond donors (Lipinski definition) is 1. The van der Waals surface area contributed by atoms with E-state index < -0.39 is 0 Å². The third kappa shape index (κ3) is 1.72. The van der Waals surface area contributed by atoms with Gasteiger partial charge in [0.25, 0.3) is 0 Å². The van der Waals surface area contributed by atoms with Crippen molar-refractivity contribution in [3.63, 3.8) is 0 Å². The van der Waals surface area contributed by atoms with Gasteiger partial charge in [0.15, 0.2) is 0 Å². The van der Waals surface area contributed by atoms with Crippen LogP contribution in [0.15, 0.2) is 28.9 Å². The van der Waals surface area contributed by atoms with Crippen LogP contribution in [0.1, 0.15) is 13.3 Å². The first kappa shape index (κ1) is 6.08. The van der Waals surface area contributed by atoms with E-state index in [4.69, 9.17) is 5.73 Å². The van der Waals surface area contributed by atoms with E-state index >= 15 is 0 Å². The van der Waals surface area contributed by atoms with Gasteiger partial charge in [0.2, 0.25) is 0 Å². The highest BCUT2D eigenvalue weighted by Gasteiger charge is 1.89. The number of nitrogens with two attached hydrogens (primary N) is 1. The number of hydrogen-bond acceptors (Lipinski definition) is 2. The van der Waals surface area contributed by atoms with Crippen molar-refractivity contribution in [2.75, 3.05) is 0 Å². The van der Waals surface area contributed by atoms with E-state index in [2.05, 4.69) is 4.99 Å². The van der Waals surface area contributed by atoms with E-state index in [0.717, 1.165) is 6.42 Å². The third-order valence-electron chi connectivity index (χ3n) is 1.16.